The predicted molar refractivity (Wildman–Crippen MR) is 75.3 cm³/mol. The summed E-state index contributed by atoms with van der Waals surface area (Å²) in [7, 11) is 0. The van der Waals surface area contributed by atoms with Crippen molar-refractivity contribution < 1.29 is 4.79 Å². The van der Waals surface area contributed by atoms with Crippen molar-refractivity contribution in [2.75, 3.05) is 23.7 Å². The van der Waals surface area contributed by atoms with Crippen LogP contribution in [0.25, 0.3) is 10.4 Å². The van der Waals surface area contributed by atoms with E-state index < -0.39 is 0 Å². The summed E-state index contributed by atoms with van der Waals surface area (Å²) in [6.07, 6.45) is 0.316. The summed E-state index contributed by atoms with van der Waals surface area (Å²) in [6.45, 7) is 0.712. The monoisotopic (exact) mass is 299 g/mol. The number of nitrogen functional groups attached to an aromatic ring is 1. The molecule has 2 N–H and O–H groups in total. The van der Waals surface area contributed by atoms with Crippen molar-refractivity contribution in [3.63, 3.8) is 0 Å². The molecule has 1 amide bonds. The number of carbonyl (C=O) groups is 1. The minimum absolute atomic E-state index is 0.0203. The Bertz CT molecular complexity index is 547. The van der Waals surface area contributed by atoms with Gasteiger partial charge in [-0.05, 0) is 23.6 Å². The second kappa shape index (κ2) is 5.57. The summed E-state index contributed by atoms with van der Waals surface area (Å²) in [5.74, 6) is -0.111. The van der Waals surface area contributed by atoms with E-state index in [1.807, 2.05) is 0 Å². The Morgan fingerprint density at radius 2 is 2.11 bits per heavy atom. The minimum atomic E-state index is -0.0910. The third kappa shape index (κ3) is 2.87. The van der Waals surface area contributed by atoms with Gasteiger partial charge in [0.15, 0.2) is 0 Å². The largest absolute Gasteiger partial charge is 0.399 e. The molecule has 0 aliphatic carbocycles. The van der Waals surface area contributed by atoms with Gasteiger partial charge in [0.2, 0.25) is 5.91 Å². The third-order valence-corrected chi connectivity index (χ3v) is 3.49. The molecule has 8 heteroatoms. The molecule has 1 atom stereocenters. The van der Waals surface area contributed by atoms with Gasteiger partial charge in [0, 0.05) is 30.1 Å². The lowest BCUT2D eigenvalue weighted by atomic mass is 10.1. The Morgan fingerprint density at radius 3 is 2.68 bits per heavy atom. The van der Waals surface area contributed by atoms with Crippen LogP contribution in [0.3, 0.4) is 0 Å². The van der Waals surface area contributed by atoms with Gasteiger partial charge in [0.25, 0.3) is 0 Å². The number of hydrogen-bond acceptors (Lipinski definition) is 3. The number of carbonyl (C=O) groups excluding carboxylic acids is 1. The fourth-order valence-electron chi connectivity index (χ4n) is 2.11. The van der Waals surface area contributed by atoms with Crippen LogP contribution in [-0.4, -0.2) is 19.0 Å². The van der Waals surface area contributed by atoms with E-state index in [4.69, 9.17) is 34.5 Å². The van der Waals surface area contributed by atoms with Gasteiger partial charge in [-0.3, -0.25) is 4.79 Å². The molecule has 1 fully saturated rings. The second-order valence-corrected chi connectivity index (χ2v) is 5.14. The zero-order chi connectivity index (χ0) is 14.0. The van der Waals surface area contributed by atoms with Crippen molar-refractivity contribution in [1.82, 2.24) is 0 Å². The Balaban J connectivity index is 2.28. The van der Waals surface area contributed by atoms with Gasteiger partial charge in [-0.1, -0.05) is 28.3 Å². The van der Waals surface area contributed by atoms with Crippen molar-refractivity contribution in [1.29, 1.82) is 0 Å². The number of anilines is 2. The molecular formula is C11H11Cl2N5O. The topological polar surface area (TPSA) is 95.1 Å². The fourth-order valence-corrected chi connectivity index (χ4v) is 2.82. The maximum atomic E-state index is 12.0. The fraction of sp³-hybridized carbons (Fsp3) is 0.364. The van der Waals surface area contributed by atoms with Gasteiger partial charge < -0.3 is 10.6 Å². The number of benzene rings is 1. The van der Waals surface area contributed by atoms with Crippen molar-refractivity contribution in [3.8, 4) is 0 Å². The van der Waals surface area contributed by atoms with Crippen LogP contribution in [0.15, 0.2) is 17.2 Å². The number of rotatable bonds is 3. The molecule has 1 unspecified atom stereocenters. The van der Waals surface area contributed by atoms with Crippen molar-refractivity contribution in [3.05, 3.63) is 32.6 Å². The molecule has 100 valence electrons. The van der Waals surface area contributed by atoms with Gasteiger partial charge >= 0.3 is 0 Å². The van der Waals surface area contributed by atoms with E-state index in [2.05, 4.69) is 10.0 Å². The molecule has 0 aromatic heterocycles. The van der Waals surface area contributed by atoms with Crippen LogP contribution >= 0.6 is 23.2 Å². The average molecular weight is 300 g/mol. The van der Waals surface area contributed by atoms with Crippen LogP contribution in [0.4, 0.5) is 11.4 Å². The maximum Gasteiger partial charge on any atom is 0.227 e. The summed E-state index contributed by atoms with van der Waals surface area (Å²) in [6, 6.07) is 3.10. The number of hydrogen-bond donors (Lipinski definition) is 1. The Labute approximate surface area is 119 Å². The second-order valence-electron chi connectivity index (χ2n) is 4.32. The molecule has 19 heavy (non-hydrogen) atoms. The first-order chi connectivity index (χ1) is 9.02. The van der Waals surface area contributed by atoms with E-state index in [0.29, 0.717) is 34.4 Å². The third-order valence-electron chi connectivity index (χ3n) is 2.92. The minimum Gasteiger partial charge on any atom is -0.399 e. The Hall–Kier alpha value is -1.62. The van der Waals surface area contributed by atoms with Crippen LogP contribution in [-0.2, 0) is 4.79 Å². The smallest absolute Gasteiger partial charge is 0.227 e. The van der Waals surface area contributed by atoms with Crippen LogP contribution in [0.5, 0.6) is 0 Å². The zero-order valence-corrected chi connectivity index (χ0v) is 11.4. The number of halogens is 2. The SMILES string of the molecule is [N-]=[N+]=NCC1CC(=O)N(c2c(Cl)cc(N)cc2Cl)C1. The highest BCUT2D eigenvalue weighted by Crippen LogP contribution is 2.38. The molecule has 0 saturated carbocycles. The highest BCUT2D eigenvalue weighted by Gasteiger charge is 2.32. The highest BCUT2D eigenvalue weighted by atomic mass is 35.5. The summed E-state index contributed by atoms with van der Waals surface area (Å²) >= 11 is 12.2. The van der Waals surface area contributed by atoms with Gasteiger partial charge in [-0.25, -0.2) is 0 Å². The molecule has 1 saturated heterocycles. The van der Waals surface area contributed by atoms with Crippen LogP contribution in [0.1, 0.15) is 6.42 Å². The van der Waals surface area contributed by atoms with E-state index >= 15 is 0 Å². The van der Waals surface area contributed by atoms with E-state index in [9.17, 15) is 4.79 Å². The molecule has 2 rings (SSSR count). The average Bonchev–Trinajstić information content (AvgIpc) is 2.67. The van der Waals surface area contributed by atoms with Gasteiger partial charge in [0.05, 0.1) is 15.7 Å². The quantitative estimate of drug-likeness (QED) is 0.401. The molecule has 1 aliphatic rings. The standard InChI is InChI=1S/C11H11Cl2N5O/c12-8-2-7(14)3-9(13)11(8)18-5-6(1-10(18)19)4-16-17-15/h2-3,6H,1,4-5,14H2. The first kappa shape index (κ1) is 13.8. The summed E-state index contributed by atoms with van der Waals surface area (Å²) < 4.78 is 0. The number of amides is 1. The summed E-state index contributed by atoms with van der Waals surface area (Å²) in [4.78, 5) is 16.2. The normalized spacial score (nSPS) is 18.5. The molecular weight excluding hydrogens is 289 g/mol. The summed E-state index contributed by atoms with van der Waals surface area (Å²) in [5.41, 5.74) is 14.8. The van der Waals surface area contributed by atoms with E-state index in [1.165, 1.54) is 4.90 Å². The van der Waals surface area contributed by atoms with E-state index in [0.717, 1.165) is 0 Å². The molecule has 6 nitrogen and oxygen atoms in total. The lowest BCUT2D eigenvalue weighted by Gasteiger charge is -2.20. The lowest BCUT2D eigenvalue weighted by Crippen LogP contribution is -2.25. The Morgan fingerprint density at radius 1 is 1.47 bits per heavy atom. The Kier molecular flexibility index (Phi) is 4.04. The van der Waals surface area contributed by atoms with Gasteiger partial charge in [-0.2, -0.15) is 0 Å². The maximum absolute atomic E-state index is 12.0. The first-order valence-electron chi connectivity index (χ1n) is 5.58. The van der Waals surface area contributed by atoms with Crippen molar-refractivity contribution >= 4 is 40.5 Å². The first-order valence-corrected chi connectivity index (χ1v) is 6.34. The number of nitrogens with zero attached hydrogens (tertiary/aromatic N) is 4. The molecule has 1 heterocycles. The molecule has 1 aromatic carbocycles. The van der Waals surface area contributed by atoms with Gasteiger partial charge in [-0.15, -0.1) is 0 Å². The summed E-state index contributed by atoms with van der Waals surface area (Å²) in [5, 5.41) is 4.16. The van der Waals surface area contributed by atoms with Crippen molar-refractivity contribution in [2.24, 2.45) is 11.0 Å². The van der Waals surface area contributed by atoms with E-state index in [-0.39, 0.29) is 18.4 Å². The number of azide groups is 1. The molecule has 0 bridgehead atoms. The highest BCUT2D eigenvalue weighted by molar-refractivity contribution is 6.40. The molecule has 1 aromatic rings. The molecule has 1 aliphatic heterocycles. The number of nitrogens with two attached hydrogens (primary N) is 1. The van der Waals surface area contributed by atoms with E-state index in [1.54, 1.807) is 12.1 Å². The van der Waals surface area contributed by atoms with Crippen LogP contribution in [0.2, 0.25) is 10.0 Å². The predicted octanol–water partition coefficient (Wildman–Crippen LogP) is 3.24. The van der Waals surface area contributed by atoms with Crippen LogP contribution in [0, 0.1) is 5.92 Å². The zero-order valence-electron chi connectivity index (χ0n) is 9.88. The molecule has 0 radical (unpaired) electrons. The van der Waals surface area contributed by atoms with Crippen molar-refractivity contribution in [2.45, 2.75) is 6.42 Å². The van der Waals surface area contributed by atoms with Gasteiger partial charge in [0.1, 0.15) is 0 Å². The molecule has 0 spiro atoms. The van der Waals surface area contributed by atoms with Crippen LogP contribution < -0.4 is 10.6 Å². The lowest BCUT2D eigenvalue weighted by molar-refractivity contribution is -0.117.